The molecule has 0 aromatic rings. The van der Waals surface area contributed by atoms with Gasteiger partial charge < -0.3 is 0 Å². The summed E-state index contributed by atoms with van der Waals surface area (Å²) in [7, 11) is 0. The van der Waals surface area contributed by atoms with Gasteiger partial charge in [-0.05, 0) is 17.8 Å². The lowest BCUT2D eigenvalue weighted by atomic mass is 9.92. The zero-order valence-corrected chi connectivity index (χ0v) is 23.7. The van der Waals surface area contributed by atoms with Crippen LogP contribution < -0.4 is 0 Å². The van der Waals surface area contributed by atoms with Crippen molar-refractivity contribution < 1.29 is 0 Å². The Kier molecular flexibility index (Phi) is 25.6. The molecule has 0 nitrogen and oxygen atoms in total. The molecule has 0 aliphatic carbocycles. The second kappa shape index (κ2) is 25.6. The molecule has 0 heterocycles. The molecule has 0 aromatic heterocycles. The predicted molar refractivity (Wildman–Crippen MR) is 150 cm³/mol. The number of rotatable bonds is 26. The van der Waals surface area contributed by atoms with Crippen molar-refractivity contribution in [3.05, 3.63) is 0 Å². The van der Waals surface area contributed by atoms with Gasteiger partial charge in [-0.3, -0.25) is 0 Å². The van der Waals surface area contributed by atoms with Gasteiger partial charge in [0.05, 0.1) is 0 Å². The highest BCUT2D eigenvalue weighted by atomic mass is 14.1. The van der Waals surface area contributed by atoms with Gasteiger partial charge in [0, 0.05) is 0 Å². The molecule has 3 atom stereocenters. The summed E-state index contributed by atoms with van der Waals surface area (Å²) in [5.41, 5.74) is 0. The predicted octanol–water partition coefficient (Wildman–Crippen LogP) is 12.3. The lowest BCUT2D eigenvalue weighted by molar-refractivity contribution is 0.387. The number of unbranched alkanes of at least 4 members (excludes halogenated alkanes) is 14. The molecule has 0 spiro atoms. The maximum atomic E-state index is 2.50. The first-order valence-corrected chi connectivity index (χ1v) is 15.6. The largest absolute Gasteiger partial charge is 0.0654 e. The summed E-state index contributed by atoms with van der Waals surface area (Å²) in [6.07, 6.45) is 35.1. The Bertz CT molecular complexity index is 333. The number of hydrogen-bond donors (Lipinski definition) is 0. The fourth-order valence-electron chi connectivity index (χ4n) is 5.30. The van der Waals surface area contributed by atoms with E-state index in [1.807, 2.05) is 0 Å². The van der Waals surface area contributed by atoms with Gasteiger partial charge in [-0.2, -0.15) is 0 Å². The van der Waals surface area contributed by atoms with Crippen molar-refractivity contribution in [2.45, 2.75) is 189 Å². The Morgan fingerprint density at radius 2 is 0.531 bits per heavy atom. The van der Waals surface area contributed by atoms with E-state index in [0.717, 1.165) is 17.8 Å². The topological polar surface area (TPSA) is 0 Å². The normalized spacial score (nSPS) is 14.5. The van der Waals surface area contributed by atoms with E-state index in [0.29, 0.717) is 0 Å². The fourth-order valence-corrected chi connectivity index (χ4v) is 5.30. The summed E-state index contributed by atoms with van der Waals surface area (Å²) >= 11 is 0. The molecule has 194 valence electrons. The molecule has 3 unspecified atom stereocenters. The summed E-state index contributed by atoms with van der Waals surface area (Å²) in [6, 6.07) is 0. The minimum atomic E-state index is 0.951. The quantitative estimate of drug-likeness (QED) is 0.115. The van der Waals surface area contributed by atoms with Crippen molar-refractivity contribution in [3.63, 3.8) is 0 Å². The van der Waals surface area contributed by atoms with Crippen molar-refractivity contribution in [1.82, 2.24) is 0 Å². The molecule has 0 fully saturated rings. The van der Waals surface area contributed by atoms with Gasteiger partial charge in [-0.1, -0.05) is 189 Å². The van der Waals surface area contributed by atoms with Crippen molar-refractivity contribution in [2.75, 3.05) is 0 Å². The molecule has 0 amide bonds. The van der Waals surface area contributed by atoms with Crippen LogP contribution in [-0.2, 0) is 0 Å². The first-order valence-electron chi connectivity index (χ1n) is 15.6. The Balaban J connectivity index is 3.31. The average molecular weight is 451 g/mol. The molecule has 0 rings (SSSR count). The first kappa shape index (κ1) is 32.0. The molecule has 0 saturated heterocycles. The van der Waals surface area contributed by atoms with Crippen molar-refractivity contribution in [2.24, 2.45) is 17.8 Å². The Hall–Kier alpha value is 0. The monoisotopic (exact) mass is 451 g/mol. The van der Waals surface area contributed by atoms with Crippen LogP contribution in [0, 0.1) is 17.8 Å². The zero-order valence-electron chi connectivity index (χ0n) is 23.7. The van der Waals surface area contributed by atoms with Crippen molar-refractivity contribution >= 4 is 0 Å². The highest BCUT2D eigenvalue weighted by Crippen LogP contribution is 2.22. The van der Waals surface area contributed by atoms with Crippen molar-refractivity contribution in [3.8, 4) is 0 Å². The van der Waals surface area contributed by atoms with Gasteiger partial charge in [0.15, 0.2) is 0 Å². The molecule has 0 aromatic carbocycles. The number of hydrogen-bond acceptors (Lipinski definition) is 0. The Labute approximate surface area is 206 Å². The smallest absolute Gasteiger partial charge is 0.0443 e. The molecule has 0 N–H and O–H groups in total. The van der Waals surface area contributed by atoms with Crippen LogP contribution in [0.2, 0.25) is 0 Å². The van der Waals surface area contributed by atoms with Crippen molar-refractivity contribution in [1.29, 1.82) is 0 Å². The van der Waals surface area contributed by atoms with Crippen LogP contribution in [0.15, 0.2) is 0 Å². The van der Waals surface area contributed by atoms with E-state index >= 15 is 0 Å². The van der Waals surface area contributed by atoms with Crippen LogP contribution in [0.3, 0.4) is 0 Å². The van der Waals surface area contributed by atoms with Gasteiger partial charge in [-0.25, -0.2) is 0 Å². The van der Waals surface area contributed by atoms with E-state index in [4.69, 9.17) is 0 Å². The van der Waals surface area contributed by atoms with E-state index in [9.17, 15) is 0 Å². The first-order chi connectivity index (χ1) is 15.6. The zero-order chi connectivity index (χ0) is 23.7. The van der Waals surface area contributed by atoms with E-state index in [2.05, 4.69) is 34.6 Å². The molecule has 0 radical (unpaired) electrons. The highest BCUT2D eigenvalue weighted by molar-refractivity contribution is 4.60. The van der Waals surface area contributed by atoms with E-state index in [1.54, 1.807) is 0 Å². The lowest BCUT2D eigenvalue weighted by Crippen LogP contribution is -1.99. The molecule has 0 bridgehead atoms. The van der Waals surface area contributed by atoms with Gasteiger partial charge in [0.25, 0.3) is 0 Å². The SMILES string of the molecule is CCCCCCCCCCCCCCC(C)CCCCCC(C)CCCC(C)CCCC. The summed E-state index contributed by atoms with van der Waals surface area (Å²) in [5, 5.41) is 0. The maximum Gasteiger partial charge on any atom is -0.0443 e. The van der Waals surface area contributed by atoms with E-state index < -0.39 is 0 Å². The third-order valence-corrected chi connectivity index (χ3v) is 7.89. The third kappa shape index (κ3) is 24.6. The lowest BCUT2D eigenvalue weighted by Gasteiger charge is -2.15. The summed E-state index contributed by atoms with van der Waals surface area (Å²) in [6.45, 7) is 12.1. The van der Waals surface area contributed by atoms with Crippen LogP contribution in [-0.4, -0.2) is 0 Å². The third-order valence-electron chi connectivity index (χ3n) is 7.89. The second-order valence-electron chi connectivity index (χ2n) is 11.7. The molecular formula is C32H66. The van der Waals surface area contributed by atoms with Gasteiger partial charge in [0.2, 0.25) is 0 Å². The Morgan fingerprint density at radius 3 is 0.906 bits per heavy atom. The van der Waals surface area contributed by atoms with Crippen LogP contribution in [0.1, 0.15) is 189 Å². The molecule has 0 aliphatic rings. The van der Waals surface area contributed by atoms with Gasteiger partial charge >= 0.3 is 0 Å². The van der Waals surface area contributed by atoms with E-state index in [1.165, 1.54) is 154 Å². The van der Waals surface area contributed by atoms with Crippen LogP contribution >= 0.6 is 0 Å². The summed E-state index contributed by atoms with van der Waals surface area (Å²) in [4.78, 5) is 0. The van der Waals surface area contributed by atoms with Crippen LogP contribution in [0.25, 0.3) is 0 Å². The standard InChI is InChI=1S/C32H66/c1-6-8-10-11-12-13-14-15-16-17-18-20-25-31(4)26-21-19-22-27-32(5)29-23-28-30(3)24-9-7-2/h30-32H,6-29H2,1-5H3. The molecule has 0 aliphatic heterocycles. The molecule has 0 saturated carbocycles. The molecule has 0 heteroatoms. The maximum absolute atomic E-state index is 2.50. The second-order valence-corrected chi connectivity index (χ2v) is 11.7. The minimum absolute atomic E-state index is 0.951. The molecular weight excluding hydrogens is 384 g/mol. The summed E-state index contributed by atoms with van der Waals surface area (Å²) in [5.74, 6) is 2.86. The van der Waals surface area contributed by atoms with Gasteiger partial charge in [-0.15, -0.1) is 0 Å². The van der Waals surface area contributed by atoms with Gasteiger partial charge in [0.1, 0.15) is 0 Å². The molecule has 32 heavy (non-hydrogen) atoms. The highest BCUT2D eigenvalue weighted by Gasteiger charge is 2.06. The average Bonchev–Trinajstić information content (AvgIpc) is 2.78. The van der Waals surface area contributed by atoms with Crippen LogP contribution in [0.5, 0.6) is 0 Å². The van der Waals surface area contributed by atoms with Crippen LogP contribution in [0.4, 0.5) is 0 Å². The Morgan fingerprint density at radius 1 is 0.281 bits per heavy atom. The minimum Gasteiger partial charge on any atom is -0.0654 e. The summed E-state index contributed by atoms with van der Waals surface area (Å²) < 4.78 is 0. The fraction of sp³-hybridized carbons (Fsp3) is 1.00. The van der Waals surface area contributed by atoms with E-state index in [-0.39, 0.29) is 0 Å².